The number of Topliss-reactive ketones (excluding diaryl/α,β-unsaturated/α-hetero) is 1. The van der Waals surface area contributed by atoms with Crippen molar-refractivity contribution in [1.82, 2.24) is 20.4 Å². The normalized spacial score (nSPS) is 15.9. The highest BCUT2D eigenvalue weighted by Crippen LogP contribution is 2.36. The summed E-state index contributed by atoms with van der Waals surface area (Å²) in [7, 11) is 0.525. The van der Waals surface area contributed by atoms with Gasteiger partial charge in [-0.3, -0.25) is 24.5 Å². The van der Waals surface area contributed by atoms with Crippen LogP contribution in [0, 0.1) is 12.8 Å². The smallest absolute Gasteiger partial charge is 0.411 e. The number of nitrogens with one attached hydrogen (secondary N) is 4. The highest BCUT2D eigenvalue weighted by molar-refractivity contribution is 6.53. The third-order valence-electron chi connectivity index (χ3n) is 12.8. The minimum absolute atomic E-state index is 0.00940. The Bertz CT molecular complexity index is 2420. The number of anilines is 2. The van der Waals surface area contributed by atoms with E-state index >= 15 is 0 Å². The minimum Gasteiger partial charge on any atom is -0.493 e. The van der Waals surface area contributed by atoms with Crippen molar-refractivity contribution in [3.63, 3.8) is 0 Å². The van der Waals surface area contributed by atoms with Gasteiger partial charge in [-0.25, -0.2) is 9.59 Å². The fraction of sp³-hybridized carbons (Fsp3) is 0.509. The molecule has 2 saturated heterocycles. The van der Waals surface area contributed by atoms with E-state index < -0.39 is 37.2 Å². The van der Waals surface area contributed by atoms with Gasteiger partial charge >= 0.3 is 19.2 Å². The zero-order valence-corrected chi connectivity index (χ0v) is 43.4. The first-order valence-electron chi connectivity index (χ1n) is 25.3. The molecule has 3 aromatic rings. The number of aliphatic hydroxyl groups is 2. The second kappa shape index (κ2) is 28.6. The lowest BCUT2D eigenvalue weighted by molar-refractivity contribution is -0.129. The summed E-state index contributed by atoms with van der Waals surface area (Å²) in [6, 6.07) is 10.9. The Morgan fingerprint density at radius 3 is 1.92 bits per heavy atom. The number of hydrogen-bond acceptors (Lipinski definition) is 15. The number of amides is 5. The SMILES string of the molecule is C=CCOC(=O)N[C@H](C(=O)N[C@@H](C)C(=O)Cc1ccc(COC(=O)Nc2cc(OCCCCCOc3cc(NB(C)O)c(C(=O)N4CCC[C@H]4CO)cc3OC)c(C)cc2C(=O)N2CCC[C@H]2CO)cc1)C(C)C. The largest absolute Gasteiger partial charge is 0.493 e. The first-order chi connectivity index (χ1) is 35.5. The van der Waals surface area contributed by atoms with E-state index in [0.717, 1.165) is 12.8 Å². The number of carbonyl (C=O) groups excluding carboxylic acids is 6. The summed E-state index contributed by atoms with van der Waals surface area (Å²) in [5.74, 6) is -0.500. The molecule has 5 amide bonds. The van der Waals surface area contributed by atoms with E-state index in [-0.39, 0.29) is 79.7 Å². The number of likely N-dealkylation sites (tertiary alicyclic amines) is 2. The Morgan fingerprint density at radius 2 is 1.35 bits per heavy atom. The molecule has 20 nitrogen and oxygen atoms in total. The zero-order valence-electron chi connectivity index (χ0n) is 43.4. The van der Waals surface area contributed by atoms with Crippen LogP contribution >= 0.6 is 0 Å². The number of unbranched alkanes of at least 4 members (excludes halogenated alkanes) is 2. The van der Waals surface area contributed by atoms with Crippen LogP contribution in [0.25, 0.3) is 0 Å². The molecule has 5 rings (SSSR count). The van der Waals surface area contributed by atoms with E-state index in [1.54, 1.807) is 92.8 Å². The van der Waals surface area contributed by atoms with Crippen LogP contribution < -0.4 is 35.4 Å². The molecule has 2 fully saturated rings. The first kappa shape index (κ1) is 58.1. The summed E-state index contributed by atoms with van der Waals surface area (Å²) in [6.45, 7) is 13.0. The number of aliphatic hydroxyl groups excluding tert-OH is 2. The van der Waals surface area contributed by atoms with Crippen LogP contribution in [0.3, 0.4) is 0 Å². The highest BCUT2D eigenvalue weighted by atomic mass is 16.6. The number of nitrogens with zero attached hydrogens (tertiary/aromatic N) is 2. The number of ketones is 1. The van der Waals surface area contributed by atoms with Crippen molar-refractivity contribution in [3.05, 3.63) is 89.0 Å². The number of hydrogen-bond donors (Lipinski definition) is 7. The summed E-state index contributed by atoms with van der Waals surface area (Å²) in [5, 5.41) is 40.8. The Kier molecular flexibility index (Phi) is 22.4. The van der Waals surface area contributed by atoms with Crippen molar-refractivity contribution in [1.29, 1.82) is 0 Å². The number of rotatable bonds is 27. The fourth-order valence-corrected chi connectivity index (χ4v) is 8.74. The van der Waals surface area contributed by atoms with Gasteiger partial charge in [-0.2, -0.15) is 0 Å². The summed E-state index contributed by atoms with van der Waals surface area (Å²) in [6.07, 6.45) is 4.68. The molecule has 4 atom stereocenters. The monoisotopic (exact) mass is 1030 g/mol. The van der Waals surface area contributed by atoms with Gasteiger partial charge in [-0.05, 0) is 100 Å². The molecule has 2 aliphatic heterocycles. The van der Waals surface area contributed by atoms with Crippen LogP contribution in [-0.2, 0) is 32.1 Å². The quantitative estimate of drug-likeness (QED) is 0.0277. The molecule has 7 N–H and O–H groups in total. The Morgan fingerprint density at radius 1 is 0.770 bits per heavy atom. The highest BCUT2D eigenvalue weighted by Gasteiger charge is 2.33. The molecule has 0 aromatic heterocycles. The van der Waals surface area contributed by atoms with Gasteiger partial charge in [-0.1, -0.05) is 50.8 Å². The van der Waals surface area contributed by atoms with Crippen LogP contribution in [0.1, 0.15) is 103 Å². The number of alkyl carbamates (subject to hydrolysis) is 1. The number of aryl methyl sites for hydroxylation is 1. The maximum atomic E-state index is 13.9. The zero-order chi connectivity index (χ0) is 53.9. The summed E-state index contributed by atoms with van der Waals surface area (Å²) < 4.78 is 28.4. The number of carbonyl (C=O) groups is 6. The number of benzene rings is 3. The lowest BCUT2D eigenvalue weighted by Crippen LogP contribution is -2.53. The van der Waals surface area contributed by atoms with Gasteiger partial charge in [0, 0.05) is 37.3 Å². The van der Waals surface area contributed by atoms with Crippen molar-refractivity contribution in [2.45, 2.75) is 117 Å². The third-order valence-corrected chi connectivity index (χ3v) is 12.8. The van der Waals surface area contributed by atoms with Gasteiger partial charge in [0.05, 0.1) is 68.5 Å². The van der Waals surface area contributed by atoms with Crippen molar-refractivity contribution >= 4 is 54.1 Å². The van der Waals surface area contributed by atoms with E-state index in [2.05, 4.69) is 27.8 Å². The van der Waals surface area contributed by atoms with Crippen LogP contribution in [0.15, 0.2) is 61.2 Å². The molecule has 21 heteroatoms. The van der Waals surface area contributed by atoms with E-state index in [1.165, 1.54) is 13.2 Å². The maximum Gasteiger partial charge on any atom is 0.411 e. The molecule has 0 spiro atoms. The van der Waals surface area contributed by atoms with Gasteiger partial charge < -0.3 is 64.6 Å². The van der Waals surface area contributed by atoms with E-state index in [9.17, 15) is 44.0 Å². The van der Waals surface area contributed by atoms with Crippen LogP contribution in [0.5, 0.6) is 17.2 Å². The summed E-state index contributed by atoms with van der Waals surface area (Å²) in [5.41, 5.74) is 3.02. The summed E-state index contributed by atoms with van der Waals surface area (Å²) >= 11 is 0. The molecule has 0 saturated carbocycles. The fourth-order valence-electron chi connectivity index (χ4n) is 8.74. The molecule has 0 bridgehead atoms. The molecule has 0 radical (unpaired) electrons. The molecule has 2 aliphatic rings. The van der Waals surface area contributed by atoms with Crippen molar-refractivity contribution in [3.8, 4) is 17.2 Å². The van der Waals surface area contributed by atoms with Gasteiger partial charge in [0.2, 0.25) is 5.91 Å². The number of ether oxygens (including phenoxy) is 5. The van der Waals surface area contributed by atoms with Gasteiger partial charge in [0.25, 0.3) is 11.8 Å². The second-order valence-corrected chi connectivity index (χ2v) is 18.9. The third kappa shape index (κ3) is 16.3. The lowest BCUT2D eigenvalue weighted by atomic mass is 9.87. The van der Waals surface area contributed by atoms with Crippen LogP contribution in [0.2, 0.25) is 6.82 Å². The van der Waals surface area contributed by atoms with E-state index in [4.69, 9.17) is 23.7 Å². The molecule has 74 heavy (non-hydrogen) atoms. The van der Waals surface area contributed by atoms with Crippen molar-refractivity contribution < 1.29 is 67.7 Å². The van der Waals surface area contributed by atoms with Gasteiger partial charge in [-0.15, -0.1) is 0 Å². The van der Waals surface area contributed by atoms with Gasteiger partial charge in [0.1, 0.15) is 25.0 Å². The Labute approximate surface area is 433 Å². The van der Waals surface area contributed by atoms with Crippen molar-refractivity contribution in [2.24, 2.45) is 5.92 Å². The van der Waals surface area contributed by atoms with Crippen molar-refractivity contribution in [2.75, 3.05) is 63.8 Å². The average Bonchev–Trinajstić information content (AvgIpc) is 4.07. The molecule has 402 valence electrons. The van der Waals surface area contributed by atoms with E-state index in [0.29, 0.717) is 104 Å². The standard InChI is InChI=1S/C53H73BN6O14/c1-8-22-73-53(68)57-48(33(2)3)49(64)55-35(5)44(63)26-36-16-18-37(19-17-36)32-74-52(67)56-42-28-45(34(4)25-40(42)50(65)59-20-12-14-38(59)30-61)71-23-10-9-11-24-72-47-29-43(58-54(6)69)41(27-46(47)70-7)51(66)60-21-13-15-39(60)31-62/h8,16-19,25,27-29,33,35,38-39,48,58,61-62,69H,1,9-15,20-24,26,30-32H2,2-7H3,(H,55,64)(H,56,67)(H,57,68)/t35-,38-,39-,48-/m0/s1. The second-order valence-electron chi connectivity index (χ2n) is 18.9. The Hall–Kier alpha value is -6.84. The van der Waals surface area contributed by atoms with Crippen LogP contribution in [0.4, 0.5) is 21.0 Å². The lowest BCUT2D eigenvalue weighted by Gasteiger charge is -2.25. The molecular weight excluding hydrogens is 955 g/mol. The molecule has 0 aliphatic carbocycles. The Balaban J connectivity index is 1.16. The predicted molar refractivity (Wildman–Crippen MR) is 279 cm³/mol. The maximum absolute atomic E-state index is 13.9. The topological polar surface area (TPSA) is 264 Å². The molecule has 3 aromatic carbocycles. The van der Waals surface area contributed by atoms with Gasteiger partial charge in [0.15, 0.2) is 17.3 Å². The summed E-state index contributed by atoms with van der Waals surface area (Å²) in [4.78, 5) is 82.2. The number of methoxy groups -OCH3 is 1. The predicted octanol–water partition coefficient (Wildman–Crippen LogP) is 5.65. The first-order valence-corrected chi connectivity index (χ1v) is 25.3. The molecule has 2 heterocycles. The van der Waals surface area contributed by atoms with E-state index in [1.807, 2.05) is 0 Å². The minimum atomic E-state index is -0.958. The average molecular weight is 1030 g/mol. The van der Waals surface area contributed by atoms with Crippen LogP contribution in [-0.4, -0.2) is 145 Å². The molecular formula is C53H73BN6O14. The molecule has 0 unspecified atom stereocenters.